The van der Waals surface area contributed by atoms with E-state index < -0.39 is 34.5 Å². The Labute approximate surface area is 165 Å². The lowest BCUT2D eigenvalue weighted by atomic mass is 9.97. The summed E-state index contributed by atoms with van der Waals surface area (Å²) in [4.78, 5) is 41.3. The van der Waals surface area contributed by atoms with Gasteiger partial charge in [0.2, 0.25) is 0 Å². The summed E-state index contributed by atoms with van der Waals surface area (Å²) in [5, 5.41) is 12.4. The van der Waals surface area contributed by atoms with Crippen LogP contribution in [-0.2, 0) is 14.4 Å². The maximum absolute atomic E-state index is 12.8. The van der Waals surface area contributed by atoms with Crippen LogP contribution in [0.15, 0.2) is 48.5 Å². The number of carbonyl (C=O) groups excluding carboxylic acids is 2. The van der Waals surface area contributed by atoms with Gasteiger partial charge in [-0.1, -0.05) is 30.3 Å². The SMILES string of the molecule is CCOC(=O)c1ccc(N2OC(c3ccccc3)C(CCl)C2=O)c([N+](=O)[O-])c1. The quantitative estimate of drug-likeness (QED) is 0.315. The van der Waals surface area contributed by atoms with Crippen LogP contribution in [0.2, 0.25) is 0 Å². The second kappa shape index (κ2) is 8.37. The van der Waals surface area contributed by atoms with Crippen LogP contribution in [0.3, 0.4) is 0 Å². The van der Waals surface area contributed by atoms with Crippen molar-refractivity contribution in [3.8, 4) is 0 Å². The Kier molecular flexibility index (Phi) is 5.91. The van der Waals surface area contributed by atoms with Crippen molar-refractivity contribution >= 4 is 34.9 Å². The summed E-state index contributed by atoms with van der Waals surface area (Å²) < 4.78 is 4.87. The standard InChI is InChI=1S/C19H17ClN2O6/c1-2-27-19(24)13-8-9-15(16(10-13)22(25)26)21-18(23)14(11-20)17(28-21)12-6-4-3-5-7-12/h3-10,14,17H,2,11H2,1H3. The lowest BCUT2D eigenvalue weighted by molar-refractivity contribution is -0.384. The van der Waals surface area contributed by atoms with Gasteiger partial charge in [-0.25, -0.2) is 4.79 Å². The Balaban J connectivity index is 1.99. The van der Waals surface area contributed by atoms with Crippen molar-refractivity contribution in [1.29, 1.82) is 0 Å². The number of nitro benzene ring substituents is 1. The number of nitro groups is 1. The van der Waals surface area contributed by atoms with Crippen LogP contribution >= 0.6 is 11.6 Å². The first-order valence-corrected chi connectivity index (χ1v) is 9.08. The van der Waals surface area contributed by atoms with E-state index in [-0.39, 0.29) is 23.7 Å². The number of hydroxylamine groups is 1. The molecule has 0 spiro atoms. The van der Waals surface area contributed by atoms with Gasteiger partial charge in [0.25, 0.3) is 11.6 Å². The molecule has 1 heterocycles. The molecule has 2 atom stereocenters. The van der Waals surface area contributed by atoms with Crippen LogP contribution < -0.4 is 5.06 Å². The van der Waals surface area contributed by atoms with Gasteiger partial charge in [0.15, 0.2) is 5.69 Å². The maximum atomic E-state index is 12.8. The Morgan fingerprint density at radius 3 is 2.61 bits per heavy atom. The highest BCUT2D eigenvalue weighted by Crippen LogP contribution is 2.41. The molecule has 1 fully saturated rings. The summed E-state index contributed by atoms with van der Waals surface area (Å²) in [6.07, 6.45) is -0.671. The molecule has 1 saturated heterocycles. The highest BCUT2D eigenvalue weighted by Gasteiger charge is 2.45. The summed E-state index contributed by atoms with van der Waals surface area (Å²) in [7, 11) is 0. The number of halogens is 1. The number of alkyl halides is 1. The highest BCUT2D eigenvalue weighted by atomic mass is 35.5. The van der Waals surface area contributed by atoms with E-state index in [2.05, 4.69) is 0 Å². The van der Waals surface area contributed by atoms with Gasteiger partial charge < -0.3 is 4.74 Å². The number of ether oxygens (including phenoxy) is 1. The first-order chi connectivity index (χ1) is 13.5. The van der Waals surface area contributed by atoms with Crippen LogP contribution in [0.1, 0.15) is 28.9 Å². The first kappa shape index (κ1) is 19.8. The highest BCUT2D eigenvalue weighted by molar-refractivity contribution is 6.20. The van der Waals surface area contributed by atoms with Crippen LogP contribution in [0, 0.1) is 16.0 Å². The van der Waals surface area contributed by atoms with Crippen LogP contribution in [0.25, 0.3) is 0 Å². The molecule has 2 aromatic carbocycles. The number of carbonyl (C=O) groups is 2. The lowest BCUT2D eigenvalue weighted by Gasteiger charge is -2.17. The molecule has 1 amide bonds. The number of amides is 1. The van der Waals surface area contributed by atoms with E-state index in [1.54, 1.807) is 31.2 Å². The lowest BCUT2D eigenvalue weighted by Crippen LogP contribution is -2.27. The molecule has 0 aliphatic carbocycles. The molecule has 0 aromatic heterocycles. The zero-order valence-electron chi connectivity index (χ0n) is 14.9. The molecule has 8 nitrogen and oxygen atoms in total. The minimum Gasteiger partial charge on any atom is -0.462 e. The van der Waals surface area contributed by atoms with E-state index >= 15 is 0 Å². The number of anilines is 1. The van der Waals surface area contributed by atoms with Gasteiger partial charge in [0.05, 0.1) is 23.0 Å². The van der Waals surface area contributed by atoms with Crippen molar-refractivity contribution in [3.63, 3.8) is 0 Å². The van der Waals surface area contributed by atoms with E-state index in [0.717, 1.165) is 16.7 Å². The number of nitrogens with zero attached hydrogens (tertiary/aromatic N) is 2. The van der Waals surface area contributed by atoms with Gasteiger partial charge in [-0.2, -0.15) is 5.06 Å². The van der Waals surface area contributed by atoms with Gasteiger partial charge in [-0.05, 0) is 24.6 Å². The zero-order valence-corrected chi connectivity index (χ0v) is 15.7. The molecule has 3 rings (SSSR count). The zero-order chi connectivity index (χ0) is 20.3. The number of rotatable bonds is 6. The summed E-state index contributed by atoms with van der Waals surface area (Å²) in [6.45, 7) is 1.77. The smallest absolute Gasteiger partial charge is 0.338 e. The molecular formula is C19H17ClN2O6. The second-order valence-electron chi connectivity index (χ2n) is 6.01. The minimum absolute atomic E-state index is 0.0103. The van der Waals surface area contributed by atoms with E-state index in [9.17, 15) is 19.7 Å². The summed E-state index contributed by atoms with van der Waals surface area (Å²) in [5.74, 6) is -1.89. The van der Waals surface area contributed by atoms with Gasteiger partial charge >= 0.3 is 5.97 Å². The predicted octanol–water partition coefficient (Wildman–Crippen LogP) is 3.65. The van der Waals surface area contributed by atoms with Crippen molar-refractivity contribution in [3.05, 3.63) is 69.8 Å². The van der Waals surface area contributed by atoms with Crippen molar-refractivity contribution in [1.82, 2.24) is 0 Å². The van der Waals surface area contributed by atoms with Crippen molar-refractivity contribution in [2.24, 2.45) is 5.92 Å². The fourth-order valence-electron chi connectivity index (χ4n) is 2.96. The Bertz CT molecular complexity index is 905. The average molecular weight is 405 g/mol. The summed E-state index contributed by atoms with van der Waals surface area (Å²) in [6, 6.07) is 12.7. The van der Waals surface area contributed by atoms with Gasteiger partial charge in [-0.15, -0.1) is 11.6 Å². The van der Waals surface area contributed by atoms with E-state index in [1.807, 2.05) is 6.07 Å². The van der Waals surface area contributed by atoms with E-state index in [0.29, 0.717) is 0 Å². The predicted molar refractivity (Wildman–Crippen MR) is 101 cm³/mol. The molecule has 0 N–H and O–H groups in total. The topological polar surface area (TPSA) is 99.0 Å². The average Bonchev–Trinajstić information content (AvgIpc) is 3.04. The van der Waals surface area contributed by atoms with E-state index in [4.69, 9.17) is 21.2 Å². The number of hydrogen-bond donors (Lipinski definition) is 0. The van der Waals surface area contributed by atoms with Gasteiger partial charge in [0, 0.05) is 11.9 Å². The number of esters is 1. The number of hydrogen-bond acceptors (Lipinski definition) is 6. The molecule has 9 heteroatoms. The maximum Gasteiger partial charge on any atom is 0.338 e. The Morgan fingerprint density at radius 1 is 1.29 bits per heavy atom. The third kappa shape index (κ3) is 3.69. The Hall–Kier alpha value is -2.97. The van der Waals surface area contributed by atoms with Gasteiger partial charge in [-0.3, -0.25) is 19.7 Å². The third-order valence-electron chi connectivity index (χ3n) is 4.30. The molecule has 0 bridgehead atoms. The number of benzene rings is 2. The van der Waals surface area contributed by atoms with Crippen LogP contribution in [0.5, 0.6) is 0 Å². The Morgan fingerprint density at radius 2 is 2.00 bits per heavy atom. The molecule has 0 radical (unpaired) electrons. The summed E-state index contributed by atoms with van der Waals surface area (Å²) >= 11 is 5.98. The van der Waals surface area contributed by atoms with Crippen LogP contribution in [-0.4, -0.2) is 29.3 Å². The third-order valence-corrected chi connectivity index (χ3v) is 4.63. The molecule has 28 heavy (non-hydrogen) atoms. The largest absolute Gasteiger partial charge is 0.462 e. The fraction of sp³-hybridized carbons (Fsp3) is 0.263. The van der Waals surface area contributed by atoms with Crippen molar-refractivity contribution in [2.75, 3.05) is 17.6 Å². The monoisotopic (exact) mass is 404 g/mol. The van der Waals surface area contributed by atoms with Crippen molar-refractivity contribution in [2.45, 2.75) is 13.0 Å². The van der Waals surface area contributed by atoms with Gasteiger partial charge in [0.1, 0.15) is 6.10 Å². The van der Waals surface area contributed by atoms with Crippen LogP contribution in [0.4, 0.5) is 11.4 Å². The molecule has 146 valence electrons. The minimum atomic E-state index is -0.701. The van der Waals surface area contributed by atoms with Crippen molar-refractivity contribution < 1.29 is 24.1 Å². The molecule has 2 unspecified atom stereocenters. The molecular weight excluding hydrogens is 388 g/mol. The normalized spacial score (nSPS) is 18.9. The molecule has 1 aliphatic heterocycles. The first-order valence-electron chi connectivity index (χ1n) is 8.55. The molecule has 2 aromatic rings. The molecule has 0 saturated carbocycles. The molecule has 1 aliphatic rings. The summed E-state index contributed by atoms with van der Waals surface area (Å²) in [5.41, 5.74) is 0.227. The fourth-order valence-corrected chi connectivity index (χ4v) is 3.25. The van der Waals surface area contributed by atoms with E-state index in [1.165, 1.54) is 12.1 Å². The second-order valence-corrected chi connectivity index (χ2v) is 6.32.